The van der Waals surface area contributed by atoms with Gasteiger partial charge in [-0.15, -0.1) is 11.3 Å². The maximum Gasteiger partial charge on any atom is 0.439 e. The molecule has 0 atom stereocenters. The van der Waals surface area contributed by atoms with Crippen molar-refractivity contribution < 1.29 is 14.1 Å². The Morgan fingerprint density at radius 1 is 0.863 bits per heavy atom. The van der Waals surface area contributed by atoms with E-state index in [2.05, 4.69) is 15.3 Å². The highest BCUT2D eigenvalue weighted by molar-refractivity contribution is 7.18. The van der Waals surface area contributed by atoms with E-state index in [9.17, 15) is 14.4 Å². The lowest BCUT2D eigenvalue weighted by Crippen LogP contribution is -2.44. The molecule has 7 aromatic rings. The van der Waals surface area contributed by atoms with Gasteiger partial charge in [0.25, 0.3) is 5.56 Å². The number of methoxy groups -OCH3 is 1. The van der Waals surface area contributed by atoms with E-state index in [0.717, 1.165) is 37.3 Å². The van der Waals surface area contributed by atoms with Crippen LogP contribution in [0.1, 0.15) is 28.5 Å². The molecule has 0 spiro atoms. The van der Waals surface area contributed by atoms with Gasteiger partial charge in [-0.25, -0.2) is 14.2 Å². The molecule has 0 amide bonds. The van der Waals surface area contributed by atoms with Crippen LogP contribution in [0.2, 0.25) is 0 Å². The first kappa shape index (κ1) is 33.2. The summed E-state index contributed by atoms with van der Waals surface area (Å²) in [5, 5.41) is 8.71. The third-order valence-corrected chi connectivity index (χ3v) is 9.77. The molecule has 51 heavy (non-hydrogen) atoms. The van der Waals surface area contributed by atoms with Crippen molar-refractivity contribution in [2.75, 3.05) is 7.11 Å². The third kappa shape index (κ3) is 7.08. The standard InChI is InChI=1S/C39H33N5O6S/c1-3-30-22-33-36(45)44(34(21-25-15-19-29(48-2)20-16-25)41-49-24-27-9-5-4-6-10-27)39(47)43(37(33)51-30)23-26-13-17-28(18-14-26)31-11-7-8-12-32(31)35-40-38(46)50-42-35/h4-20,22H,3,21,23-24H2,1-2H3,(H,40,42,46). The summed E-state index contributed by atoms with van der Waals surface area (Å²) in [6.07, 6.45) is 0.875. The Hall–Kier alpha value is -6.27. The minimum Gasteiger partial charge on any atom is -0.497 e. The summed E-state index contributed by atoms with van der Waals surface area (Å²) < 4.78 is 12.8. The second-order valence-electron chi connectivity index (χ2n) is 11.8. The number of hydrogen-bond donors (Lipinski definition) is 1. The number of H-pyrrole nitrogens is 1. The Morgan fingerprint density at radius 3 is 2.25 bits per heavy atom. The number of benzene rings is 4. The maximum atomic E-state index is 14.5. The molecule has 1 N–H and O–H groups in total. The van der Waals surface area contributed by atoms with Gasteiger partial charge in [-0.2, -0.15) is 0 Å². The lowest BCUT2D eigenvalue weighted by Gasteiger charge is -2.15. The fraction of sp³-hybridized carbons (Fsp3) is 0.154. The van der Waals surface area contributed by atoms with Crippen LogP contribution in [-0.2, 0) is 30.8 Å². The van der Waals surface area contributed by atoms with Gasteiger partial charge in [0.15, 0.2) is 11.7 Å². The van der Waals surface area contributed by atoms with E-state index in [1.54, 1.807) is 11.7 Å². The van der Waals surface area contributed by atoms with E-state index in [1.807, 2.05) is 116 Å². The van der Waals surface area contributed by atoms with Crippen molar-refractivity contribution in [2.24, 2.45) is 5.16 Å². The number of oxime groups is 1. The number of ether oxygens (including phenoxy) is 1. The number of nitrogens with one attached hydrogen (secondary N) is 1. The molecule has 4 aromatic carbocycles. The first-order chi connectivity index (χ1) is 24.9. The zero-order chi connectivity index (χ0) is 35.3. The average molecular weight is 700 g/mol. The molecule has 0 aliphatic carbocycles. The second kappa shape index (κ2) is 14.7. The average Bonchev–Trinajstić information content (AvgIpc) is 3.81. The van der Waals surface area contributed by atoms with Crippen LogP contribution in [0.3, 0.4) is 0 Å². The lowest BCUT2D eigenvalue weighted by molar-refractivity contribution is 0.129. The normalized spacial score (nSPS) is 11.6. The molecule has 3 aromatic heterocycles. The van der Waals surface area contributed by atoms with Crippen LogP contribution in [0, 0.1) is 0 Å². The highest BCUT2D eigenvalue weighted by Crippen LogP contribution is 2.30. The van der Waals surface area contributed by atoms with Gasteiger partial charge in [0.05, 0.1) is 19.0 Å². The molecule has 0 aliphatic heterocycles. The molecule has 7 rings (SSSR count). The number of aryl methyl sites for hydroxylation is 1. The summed E-state index contributed by atoms with van der Waals surface area (Å²) in [4.78, 5) is 50.3. The van der Waals surface area contributed by atoms with Crippen molar-refractivity contribution in [1.29, 1.82) is 0 Å². The molecule has 12 heteroatoms. The Labute approximate surface area is 295 Å². The molecule has 0 saturated carbocycles. The summed E-state index contributed by atoms with van der Waals surface area (Å²) in [7, 11) is 1.59. The van der Waals surface area contributed by atoms with E-state index in [-0.39, 0.29) is 25.4 Å². The van der Waals surface area contributed by atoms with Crippen molar-refractivity contribution in [3.8, 4) is 28.3 Å². The van der Waals surface area contributed by atoms with Crippen LogP contribution < -0.4 is 21.7 Å². The van der Waals surface area contributed by atoms with E-state index in [0.29, 0.717) is 33.8 Å². The first-order valence-electron chi connectivity index (χ1n) is 16.3. The number of hydrogen-bond acceptors (Lipinski definition) is 9. The van der Waals surface area contributed by atoms with Crippen molar-refractivity contribution in [1.82, 2.24) is 19.3 Å². The maximum absolute atomic E-state index is 14.5. The van der Waals surface area contributed by atoms with Crippen molar-refractivity contribution in [3.05, 3.63) is 162 Å². The van der Waals surface area contributed by atoms with Crippen molar-refractivity contribution in [3.63, 3.8) is 0 Å². The number of fused-ring (bicyclic) bond motifs is 1. The van der Waals surface area contributed by atoms with E-state index < -0.39 is 17.0 Å². The van der Waals surface area contributed by atoms with Crippen LogP contribution in [0.4, 0.5) is 0 Å². The van der Waals surface area contributed by atoms with Gasteiger partial charge in [-0.05, 0) is 52.4 Å². The van der Waals surface area contributed by atoms with Gasteiger partial charge in [-0.1, -0.05) is 108 Å². The predicted octanol–water partition coefficient (Wildman–Crippen LogP) is 6.48. The van der Waals surface area contributed by atoms with Crippen LogP contribution in [-0.4, -0.2) is 32.2 Å². The largest absolute Gasteiger partial charge is 0.497 e. The minimum atomic E-state index is -0.631. The van der Waals surface area contributed by atoms with Crippen LogP contribution in [0.15, 0.2) is 133 Å². The summed E-state index contributed by atoms with van der Waals surface area (Å²) in [6.45, 7) is 2.39. The summed E-state index contributed by atoms with van der Waals surface area (Å²) in [5.41, 5.74) is 4.05. The Balaban J connectivity index is 1.29. The molecule has 0 fully saturated rings. The molecule has 0 radical (unpaired) electrons. The topological polar surface area (TPSA) is 134 Å². The van der Waals surface area contributed by atoms with Crippen molar-refractivity contribution in [2.45, 2.75) is 32.9 Å². The summed E-state index contributed by atoms with van der Waals surface area (Å²) in [5.74, 6) is 0.559. The Kier molecular flexibility index (Phi) is 9.57. The highest BCUT2D eigenvalue weighted by atomic mass is 32.1. The number of nitrogens with zero attached hydrogens (tertiary/aromatic N) is 4. The highest BCUT2D eigenvalue weighted by Gasteiger charge is 2.21. The van der Waals surface area contributed by atoms with Crippen LogP contribution in [0.5, 0.6) is 5.75 Å². The molecular formula is C39H33N5O6S. The van der Waals surface area contributed by atoms with Gasteiger partial charge < -0.3 is 9.57 Å². The van der Waals surface area contributed by atoms with Crippen LogP contribution >= 0.6 is 11.3 Å². The van der Waals surface area contributed by atoms with Gasteiger partial charge in [0.2, 0.25) is 0 Å². The van der Waals surface area contributed by atoms with Crippen molar-refractivity contribution >= 4 is 27.4 Å². The molecule has 11 nitrogen and oxygen atoms in total. The Morgan fingerprint density at radius 2 is 1.57 bits per heavy atom. The quantitative estimate of drug-likeness (QED) is 0.0929. The number of rotatable bonds is 11. The van der Waals surface area contributed by atoms with Gasteiger partial charge >= 0.3 is 11.4 Å². The lowest BCUT2D eigenvalue weighted by atomic mass is 9.98. The van der Waals surface area contributed by atoms with Gasteiger partial charge in [0.1, 0.15) is 17.2 Å². The van der Waals surface area contributed by atoms with Gasteiger partial charge in [-0.3, -0.25) is 18.9 Å². The minimum absolute atomic E-state index is 0.162. The fourth-order valence-corrected chi connectivity index (χ4v) is 6.91. The SMILES string of the molecule is CCc1cc2c(=O)n(C(Cc3ccc(OC)cc3)=NOCc3ccccc3)c(=O)n(Cc3ccc(-c4ccccc4-c4noc(=O)[nH]4)cc3)c2s1. The molecule has 0 saturated heterocycles. The fourth-order valence-electron chi connectivity index (χ4n) is 5.83. The smallest absolute Gasteiger partial charge is 0.439 e. The molecular weight excluding hydrogens is 667 g/mol. The molecule has 0 bridgehead atoms. The van der Waals surface area contributed by atoms with E-state index in [4.69, 9.17) is 14.1 Å². The number of aromatic nitrogens is 4. The third-order valence-electron chi connectivity index (χ3n) is 8.46. The summed E-state index contributed by atoms with van der Waals surface area (Å²) >= 11 is 1.44. The zero-order valence-corrected chi connectivity index (χ0v) is 28.7. The monoisotopic (exact) mass is 699 g/mol. The zero-order valence-electron chi connectivity index (χ0n) is 27.9. The molecule has 0 aliphatic rings. The second-order valence-corrected chi connectivity index (χ2v) is 12.9. The molecule has 3 heterocycles. The predicted molar refractivity (Wildman–Crippen MR) is 198 cm³/mol. The molecule has 256 valence electrons. The summed E-state index contributed by atoms with van der Waals surface area (Å²) in [6, 6.07) is 34.1. The Bertz CT molecular complexity index is 2510. The van der Waals surface area contributed by atoms with Crippen LogP contribution in [0.25, 0.3) is 32.7 Å². The number of aromatic amines is 1. The molecule has 0 unspecified atom stereocenters. The first-order valence-corrected chi connectivity index (χ1v) is 17.1. The van der Waals surface area contributed by atoms with E-state index >= 15 is 0 Å². The van der Waals surface area contributed by atoms with E-state index in [1.165, 1.54) is 11.3 Å². The number of thiophene rings is 1. The van der Waals surface area contributed by atoms with Gasteiger partial charge in [0, 0.05) is 16.9 Å².